The number of ether oxygens (including phenoxy) is 2. The molecular formula is C18H24IN3O2. The average molecular weight is 441 g/mol. The molecule has 0 aliphatic rings. The second-order valence-electron chi connectivity index (χ2n) is 5.18. The molecule has 24 heavy (non-hydrogen) atoms. The smallest absolute Gasteiger partial charge is 0.193 e. The summed E-state index contributed by atoms with van der Waals surface area (Å²) in [5, 5.41) is 3.09. The standard InChI is InChI=1S/C18H23N3O2.HI/c1-14-5-3-7-16(11-14)21-18(19)20-13-15-6-4-8-17(12-15)23-10-9-22-2;/h3-8,11-12H,9-10,13H2,1-2H3,(H3,19,20,21);1H. The largest absolute Gasteiger partial charge is 0.491 e. The number of methoxy groups -OCH3 is 1. The van der Waals surface area contributed by atoms with Gasteiger partial charge < -0.3 is 20.5 Å². The van der Waals surface area contributed by atoms with Crippen LogP contribution >= 0.6 is 24.0 Å². The predicted octanol–water partition coefficient (Wildman–Crippen LogP) is 3.57. The zero-order valence-corrected chi connectivity index (χ0v) is 16.3. The summed E-state index contributed by atoms with van der Waals surface area (Å²) in [6.07, 6.45) is 0. The molecule has 0 atom stereocenters. The Labute approximate surface area is 160 Å². The number of hydrogen-bond donors (Lipinski definition) is 2. The highest BCUT2D eigenvalue weighted by Gasteiger charge is 1.99. The lowest BCUT2D eigenvalue weighted by Crippen LogP contribution is -2.22. The van der Waals surface area contributed by atoms with Crippen LogP contribution in [0.15, 0.2) is 53.5 Å². The molecule has 130 valence electrons. The number of nitrogens with zero attached hydrogens (tertiary/aromatic N) is 1. The molecule has 0 fully saturated rings. The molecule has 2 rings (SSSR count). The number of rotatable bonds is 7. The molecule has 0 bridgehead atoms. The fourth-order valence-electron chi connectivity index (χ4n) is 2.06. The molecule has 0 spiro atoms. The zero-order chi connectivity index (χ0) is 16.5. The van der Waals surface area contributed by atoms with Gasteiger partial charge >= 0.3 is 0 Å². The van der Waals surface area contributed by atoms with Gasteiger partial charge in [0.2, 0.25) is 0 Å². The van der Waals surface area contributed by atoms with Crippen LogP contribution in [-0.4, -0.2) is 26.3 Å². The van der Waals surface area contributed by atoms with Crippen molar-refractivity contribution in [3.63, 3.8) is 0 Å². The molecular weight excluding hydrogens is 417 g/mol. The Kier molecular flexibility index (Phi) is 9.18. The van der Waals surface area contributed by atoms with E-state index in [-0.39, 0.29) is 24.0 Å². The van der Waals surface area contributed by atoms with Gasteiger partial charge in [0.15, 0.2) is 5.96 Å². The van der Waals surface area contributed by atoms with Gasteiger partial charge in [0, 0.05) is 12.8 Å². The van der Waals surface area contributed by atoms with Crippen molar-refractivity contribution in [3.8, 4) is 5.75 Å². The van der Waals surface area contributed by atoms with Crippen LogP contribution in [0.25, 0.3) is 0 Å². The molecule has 5 nitrogen and oxygen atoms in total. The summed E-state index contributed by atoms with van der Waals surface area (Å²) in [6.45, 7) is 3.62. The first-order valence-electron chi connectivity index (χ1n) is 7.51. The van der Waals surface area contributed by atoms with Gasteiger partial charge in [0.25, 0.3) is 0 Å². The Balaban J connectivity index is 0.00000288. The van der Waals surface area contributed by atoms with Gasteiger partial charge in [-0.1, -0.05) is 24.3 Å². The first kappa shape index (κ1) is 20.2. The summed E-state index contributed by atoms with van der Waals surface area (Å²) in [6, 6.07) is 15.8. The minimum atomic E-state index is 0. The van der Waals surface area contributed by atoms with E-state index in [1.165, 1.54) is 5.56 Å². The van der Waals surface area contributed by atoms with Crippen LogP contribution in [0, 0.1) is 6.92 Å². The molecule has 0 aromatic heterocycles. The van der Waals surface area contributed by atoms with Crippen LogP contribution in [0.2, 0.25) is 0 Å². The van der Waals surface area contributed by atoms with Crippen LogP contribution in [0.1, 0.15) is 11.1 Å². The minimum Gasteiger partial charge on any atom is -0.491 e. The first-order valence-corrected chi connectivity index (χ1v) is 7.51. The Morgan fingerprint density at radius 3 is 2.67 bits per heavy atom. The number of aryl methyl sites for hydroxylation is 1. The van der Waals surface area contributed by atoms with Gasteiger partial charge in [-0.25, -0.2) is 4.99 Å². The maximum absolute atomic E-state index is 5.93. The van der Waals surface area contributed by atoms with Crippen LogP contribution in [0.5, 0.6) is 5.75 Å². The van der Waals surface area contributed by atoms with Gasteiger partial charge in [-0.2, -0.15) is 0 Å². The quantitative estimate of drug-likeness (QED) is 0.299. The van der Waals surface area contributed by atoms with Gasteiger partial charge in [-0.05, 0) is 42.3 Å². The monoisotopic (exact) mass is 441 g/mol. The highest BCUT2D eigenvalue weighted by atomic mass is 127. The lowest BCUT2D eigenvalue weighted by molar-refractivity contribution is 0.146. The van der Waals surface area contributed by atoms with Crippen LogP contribution in [-0.2, 0) is 11.3 Å². The van der Waals surface area contributed by atoms with Crippen molar-refractivity contribution in [2.45, 2.75) is 13.5 Å². The first-order chi connectivity index (χ1) is 11.2. The summed E-state index contributed by atoms with van der Waals surface area (Å²) >= 11 is 0. The summed E-state index contributed by atoms with van der Waals surface area (Å²) in [5.41, 5.74) is 9.07. The summed E-state index contributed by atoms with van der Waals surface area (Å²) in [7, 11) is 1.65. The second kappa shape index (κ2) is 10.9. The Hall–Kier alpha value is -1.80. The van der Waals surface area contributed by atoms with Crippen LogP contribution in [0.4, 0.5) is 5.69 Å². The van der Waals surface area contributed by atoms with Crippen molar-refractivity contribution < 1.29 is 9.47 Å². The molecule has 0 unspecified atom stereocenters. The van der Waals surface area contributed by atoms with Crippen molar-refractivity contribution in [1.29, 1.82) is 0 Å². The fraction of sp³-hybridized carbons (Fsp3) is 0.278. The molecule has 3 N–H and O–H groups in total. The Bertz CT molecular complexity index is 662. The fourth-order valence-corrected chi connectivity index (χ4v) is 2.06. The van der Waals surface area contributed by atoms with E-state index in [0.717, 1.165) is 17.0 Å². The molecule has 0 saturated carbocycles. The highest BCUT2D eigenvalue weighted by molar-refractivity contribution is 14.0. The SMILES string of the molecule is COCCOc1cccc(CN=C(N)Nc2cccc(C)c2)c1.I. The molecule has 2 aromatic rings. The van der Waals surface area contributed by atoms with E-state index in [1.807, 2.05) is 55.5 Å². The number of anilines is 1. The predicted molar refractivity (Wildman–Crippen MR) is 109 cm³/mol. The van der Waals surface area contributed by atoms with Crippen LogP contribution in [0.3, 0.4) is 0 Å². The van der Waals surface area contributed by atoms with Gasteiger partial charge in [-0.15, -0.1) is 24.0 Å². The third-order valence-corrected chi connectivity index (χ3v) is 3.18. The Morgan fingerprint density at radius 2 is 1.92 bits per heavy atom. The number of halogens is 1. The summed E-state index contributed by atoms with van der Waals surface area (Å²) < 4.78 is 10.5. The molecule has 2 aromatic carbocycles. The topological polar surface area (TPSA) is 68.9 Å². The second-order valence-corrected chi connectivity index (χ2v) is 5.18. The molecule has 0 saturated heterocycles. The van der Waals surface area contributed by atoms with Crippen molar-refractivity contribution in [2.24, 2.45) is 10.7 Å². The van der Waals surface area contributed by atoms with Crippen LogP contribution < -0.4 is 15.8 Å². The molecule has 0 heterocycles. The Morgan fingerprint density at radius 1 is 1.12 bits per heavy atom. The average Bonchev–Trinajstić information content (AvgIpc) is 2.54. The zero-order valence-electron chi connectivity index (χ0n) is 14.0. The summed E-state index contributed by atoms with van der Waals surface area (Å²) in [5.74, 6) is 1.20. The third-order valence-electron chi connectivity index (χ3n) is 3.18. The van der Waals surface area contributed by atoms with Crippen molar-refractivity contribution in [2.75, 3.05) is 25.6 Å². The van der Waals surface area contributed by atoms with E-state index < -0.39 is 0 Å². The van der Waals surface area contributed by atoms with Crippen molar-refractivity contribution in [1.82, 2.24) is 0 Å². The maximum atomic E-state index is 5.93. The van der Waals surface area contributed by atoms with E-state index in [2.05, 4.69) is 10.3 Å². The van der Waals surface area contributed by atoms with E-state index >= 15 is 0 Å². The molecule has 0 aliphatic carbocycles. The lowest BCUT2D eigenvalue weighted by Gasteiger charge is -2.08. The summed E-state index contributed by atoms with van der Waals surface area (Å²) in [4.78, 5) is 4.36. The van der Waals surface area contributed by atoms with Crippen molar-refractivity contribution >= 4 is 35.6 Å². The van der Waals surface area contributed by atoms with E-state index in [4.69, 9.17) is 15.2 Å². The number of nitrogens with two attached hydrogens (primary N) is 1. The minimum absolute atomic E-state index is 0. The molecule has 0 aliphatic heterocycles. The number of guanidine groups is 1. The number of aliphatic imine (C=N–C) groups is 1. The number of nitrogens with one attached hydrogen (secondary N) is 1. The molecule has 0 amide bonds. The normalized spacial score (nSPS) is 10.8. The highest BCUT2D eigenvalue weighted by Crippen LogP contribution is 2.14. The van der Waals surface area contributed by atoms with E-state index in [9.17, 15) is 0 Å². The van der Waals surface area contributed by atoms with Gasteiger partial charge in [-0.3, -0.25) is 0 Å². The van der Waals surface area contributed by atoms with Gasteiger partial charge in [0.05, 0.1) is 13.2 Å². The van der Waals surface area contributed by atoms with Crippen molar-refractivity contribution in [3.05, 3.63) is 59.7 Å². The van der Waals surface area contributed by atoms with Gasteiger partial charge in [0.1, 0.15) is 12.4 Å². The lowest BCUT2D eigenvalue weighted by atomic mass is 10.2. The van der Waals surface area contributed by atoms with E-state index in [1.54, 1.807) is 7.11 Å². The molecule has 0 radical (unpaired) electrons. The third kappa shape index (κ3) is 7.18. The van der Waals surface area contributed by atoms with E-state index in [0.29, 0.717) is 25.7 Å². The number of benzene rings is 2. The molecule has 6 heteroatoms. The maximum Gasteiger partial charge on any atom is 0.193 e. The number of hydrogen-bond acceptors (Lipinski definition) is 3.